The minimum atomic E-state index is -0.233. The largest absolute Gasteiger partial charge is 0.497 e. The van der Waals surface area contributed by atoms with E-state index in [-0.39, 0.29) is 24.6 Å². The number of methoxy groups -OCH3 is 1. The molecule has 1 fully saturated rings. The molecule has 2 rings (SSSR count). The summed E-state index contributed by atoms with van der Waals surface area (Å²) in [6.07, 6.45) is -0.233. The van der Waals surface area contributed by atoms with E-state index in [1.165, 1.54) is 4.90 Å². The second-order valence-electron chi connectivity index (χ2n) is 5.22. The molecule has 1 aliphatic heterocycles. The van der Waals surface area contributed by atoms with Crippen LogP contribution in [0.15, 0.2) is 24.3 Å². The van der Waals surface area contributed by atoms with Crippen LogP contribution in [-0.2, 0) is 9.53 Å². The van der Waals surface area contributed by atoms with Crippen molar-refractivity contribution in [2.45, 2.75) is 6.10 Å². The molecule has 0 radical (unpaired) electrons. The molecule has 0 saturated carbocycles. The molecule has 1 unspecified atom stereocenters. The third kappa shape index (κ3) is 3.88. The molecule has 0 aromatic heterocycles. The number of rotatable bonds is 4. The first-order valence-corrected chi connectivity index (χ1v) is 7.02. The Morgan fingerprint density at radius 2 is 2.09 bits per heavy atom. The predicted octanol–water partition coefficient (Wildman–Crippen LogP) is 0.698. The van der Waals surface area contributed by atoms with Crippen molar-refractivity contribution in [3.05, 3.63) is 24.3 Å². The molecule has 0 bridgehead atoms. The summed E-state index contributed by atoms with van der Waals surface area (Å²) in [4.78, 5) is 26.7. The van der Waals surface area contributed by atoms with E-state index in [0.717, 1.165) is 11.4 Å². The van der Waals surface area contributed by atoms with Crippen LogP contribution in [0, 0.1) is 0 Å². The van der Waals surface area contributed by atoms with Gasteiger partial charge in [-0.1, -0.05) is 0 Å². The van der Waals surface area contributed by atoms with Crippen LogP contribution in [0.4, 0.5) is 10.5 Å². The Balaban J connectivity index is 1.98. The van der Waals surface area contributed by atoms with Crippen LogP contribution in [0.1, 0.15) is 0 Å². The first-order valence-electron chi connectivity index (χ1n) is 7.02. The Bertz CT molecular complexity index is 530. The van der Waals surface area contributed by atoms with Crippen LogP contribution in [0.25, 0.3) is 0 Å². The van der Waals surface area contributed by atoms with Gasteiger partial charge >= 0.3 is 6.03 Å². The smallest absolute Gasteiger partial charge is 0.316 e. The number of carbonyl (C=O) groups excluding carboxylic acids is 2. The molecule has 1 aromatic carbocycles. The first-order chi connectivity index (χ1) is 10.5. The number of morpholine rings is 1. The van der Waals surface area contributed by atoms with Gasteiger partial charge in [0.25, 0.3) is 5.91 Å². The average Bonchev–Trinajstić information content (AvgIpc) is 2.53. The van der Waals surface area contributed by atoms with Gasteiger partial charge in [0, 0.05) is 26.3 Å². The van der Waals surface area contributed by atoms with Crippen molar-refractivity contribution in [1.29, 1.82) is 0 Å². The highest BCUT2D eigenvalue weighted by Gasteiger charge is 2.27. The molecule has 1 saturated heterocycles. The summed E-state index contributed by atoms with van der Waals surface area (Å²) < 4.78 is 10.6. The fourth-order valence-corrected chi connectivity index (χ4v) is 2.12. The summed E-state index contributed by atoms with van der Waals surface area (Å²) in [6.45, 7) is 0.768. The van der Waals surface area contributed by atoms with E-state index in [1.807, 2.05) is 12.1 Å². The SMILES string of the molecule is COc1ccc(N2CC(CNC(=O)N(C)C)OCC2=O)cc1. The fraction of sp³-hybridized carbons (Fsp3) is 0.467. The number of hydrogen-bond donors (Lipinski definition) is 1. The molecular formula is C15H21N3O4. The number of nitrogens with one attached hydrogen (secondary N) is 1. The average molecular weight is 307 g/mol. The maximum atomic E-state index is 12.0. The monoisotopic (exact) mass is 307 g/mol. The summed E-state index contributed by atoms with van der Waals surface area (Å²) in [5.41, 5.74) is 0.790. The molecule has 1 aromatic rings. The standard InChI is InChI=1S/C15H21N3O4/c1-17(2)15(20)16-8-13-9-18(14(19)10-22-13)11-4-6-12(21-3)7-5-11/h4-7,13H,8-10H2,1-3H3,(H,16,20). The van der Waals surface area contributed by atoms with E-state index >= 15 is 0 Å². The summed E-state index contributed by atoms with van der Waals surface area (Å²) in [7, 11) is 4.94. The predicted molar refractivity (Wildman–Crippen MR) is 82.2 cm³/mol. The van der Waals surface area contributed by atoms with E-state index < -0.39 is 0 Å². The molecular weight excluding hydrogens is 286 g/mol. The molecule has 1 atom stereocenters. The second-order valence-corrected chi connectivity index (χ2v) is 5.22. The maximum Gasteiger partial charge on any atom is 0.316 e. The van der Waals surface area contributed by atoms with Gasteiger partial charge < -0.3 is 24.6 Å². The van der Waals surface area contributed by atoms with Gasteiger partial charge in [0.2, 0.25) is 0 Å². The maximum absolute atomic E-state index is 12.0. The summed E-state index contributed by atoms with van der Waals surface area (Å²) >= 11 is 0. The lowest BCUT2D eigenvalue weighted by molar-refractivity contribution is -0.129. The van der Waals surface area contributed by atoms with Gasteiger partial charge in [-0.25, -0.2) is 4.79 Å². The third-order valence-electron chi connectivity index (χ3n) is 3.40. The van der Waals surface area contributed by atoms with E-state index in [2.05, 4.69) is 5.32 Å². The zero-order valence-corrected chi connectivity index (χ0v) is 13.0. The van der Waals surface area contributed by atoms with Gasteiger partial charge in [-0.15, -0.1) is 0 Å². The topological polar surface area (TPSA) is 71.1 Å². The zero-order valence-electron chi connectivity index (χ0n) is 13.0. The number of amides is 3. The highest BCUT2D eigenvalue weighted by Crippen LogP contribution is 2.21. The summed E-state index contributed by atoms with van der Waals surface area (Å²) in [5, 5.41) is 2.76. The molecule has 1 aliphatic rings. The van der Waals surface area contributed by atoms with Gasteiger partial charge in [-0.2, -0.15) is 0 Å². The van der Waals surface area contributed by atoms with Gasteiger partial charge in [0.1, 0.15) is 12.4 Å². The number of carbonyl (C=O) groups is 2. The van der Waals surface area contributed by atoms with Crippen LogP contribution in [0.5, 0.6) is 5.75 Å². The number of nitrogens with zero attached hydrogens (tertiary/aromatic N) is 2. The number of ether oxygens (including phenoxy) is 2. The lowest BCUT2D eigenvalue weighted by Gasteiger charge is -2.33. The van der Waals surface area contributed by atoms with Crippen molar-refractivity contribution in [1.82, 2.24) is 10.2 Å². The van der Waals surface area contributed by atoms with Crippen LogP contribution in [-0.4, -0.2) is 63.8 Å². The summed E-state index contributed by atoms with van der Waals surface area (Å²) in [6, 6.07) is 7.09. The minimum Gasteiger partial charge on any atom is -0.497 e. The quantitative estimate of drug-likeness (QED) is 0.889. The van der Waals surface area contributed by atoms with Gasteiger partial charge in [0.05, 0.1) is 19.8 Å². The Hall–Kier alpha value is -2.28. The van der Waals surface area contributed by atoms with E-state index in [9.17, 15) is 9.59 Å². The molecule has 1 N–H and O–H groups in total. The van der Waals surface area contributed by atoms with Crippen LogP contribution in [0.3, 0.4) is 0 Å². The number of anilines is 1. The van der Waals surface area contributed by atoms with Crippen LogP contribution in [0.2, 0.25) is 0 Å². The van der Waals surface area contributed by atoms with Crippen molar-refractivity contribution < 1.29 is 19.1 Å². The second kappa shape index (κ2) is 7.13. The zero-order chi connectivity index (χ0) is 16.1. The number of hydrogen-bond acceptors (Lipinski definition) is 4. The molecule has 7 heteroatoms. The van der Waals surface area contributed by atoms with Crippen LogP contribution < -0.4 is 15.0 Å². The Labute approximate surface area is 129 Å². The molecule has 0 aliphatic carbocycles. The van der Waals surface area contributed by atoms with Crippen molar-refractivity contribution in [2.75, 3.05) is 45.8 Å². The molecule has 120 valence electrons. The first kappa shape index (κ1) is 16.1. The normalized spacial score (nSPS) is 18.0. The molecule has 0 spiro atoms. The Kier molecular flexibility index (Phi) is 5.21. The Morgan fingerprint density at radius 3 is 2.68 bits per heavy atom. The van der Waals surface area contributed by atoms with Crippen LogP contribution >= 0.6 is 0 Å². The van der Waals surface area contributed by atoms with Crippen molar-refractivity contribution >= 4 is 17.6 Å². The number of urea groups is 1. The van der Waals surface area contributed by atoms with Gasteiger partial charge in [-0.3, -0.25) is 4.79 Å². The van der Waals surface area contributed by atoms with E-state index in [1.54, 1.807) is 38.2 Å². The lowest BCUT2D eigenvalue weighted by Crippen LogP contribution is -2.51. The molecule has 1 heterocycles. The number of benzene rings is 1. The molecule has 3 amide bonds. The van der Waals surface area contributed by atoms with Crippen molar-refractivity contribution in [3.63, 3.8) is 0 Å². The molecule has 22 heavy (non-hydrogen) atoms. The van der Waals surface area contributed by atoms with Crippen molar-refractivity contribution in [2.24, 2.45) is 0 Å². The Morgan fingerprint density at radius 1 is 1.41 bits per heavy atom. The highest BCUT2D eigenvalue weighted by molar-refractivity contribution is 5.95. The van der Waals surface area contributed by atoms with E-state index in [4.69, 9.17) is 9.47 Å². The van der Waals surface area contributed by atoms with Gasteiger partial charge in [-0.05, 0) is 24.3 Å². The van der Waals surface area contributed by atoms with E-state index in [0.29, 0.717) is 13.1 Å². The third-order valence-corrected chi connectivity index (χ3v) is 3.40. The van der Waals surface area contributed by atoms with Crippen molar-refractivity contribution in [3.8, 4) is 5.75 Å². The highest BCUT2D eigenvalue weighted by atomic mass is 16.5. The van der Waals surface area contributed by atoms with Gasteiger partial charge in [0.15, 0.2) is 0 Å². The summed E-state index contributed by atoms with van der Waals surface area (Å²) in [5.74, 6) is 0.639. The minimum absolute atomic E-state index is 0.00846. The lowest BCUT2D eigenvalue weighted by atomic mass is 10.2. The fourth-order valence-electron chi connectivity index (χ4n) is 2.12. The molecule has 7 nitrogen and oxygen atoms in total.